The van der Waals surface area contributed by atoms with Gasteiger partial charge in [-0.15, -0.1) is 0 Å². The van der Waals surface area contributed by atoms with Gasteiger partial charge in [0, 0.05) is 54.2 Å². The Labute approximate surface area is 307 Å². The summed E-state index contributed by atoms with van der Waals surface area (Å²) in [5, 5.41) is -0.628. The molecule has 2 aliphatic rings. The Morgan fingerprint density at radius 2 is 1.00 bits per heavy atom. The lowest BCUT2D eigenvalue weighted by Gasteiger charge is -2.48. The van der Waals surface area contributed by atoms with Gasteiger partial charge in [0.2, 0.25) is 5.12 Å². The van der Waals surface area contributed by atoms with Crippen molar-refractivity contribution in [3.8, 4) is 0 Å². The Balaban J connectivity index is 2.17. The molecule has 0 radical (unpaired) electrons. The highest BCUT2D eigenvalue weighted by molar-refractivity contribution is 8.14. The van der Waals surface area contributed by atoms with Gasteiger partial charge in [-0.3, -0.25) is 38.4 Å². The second-order valence-electron chi connectivity index (χ2n) is 11.7. The quantitative estimate of drug-likeness (QED) is 0.165. The first kappa shape index (κ1) is 42.6. The molecule has 2 aliphatic heterocycles. The van der Waals surface area contributed by atoms with E-state index in [1.165, 1.54) is 12.1 Å². The number of hydrogen-bond donors (Lipinski definition) is 1. The Kier molecular flexibility index (Phi) is 15.5. The van der Waals surface area contributed by atoms with Crippen LogP contribution in [0.25, 0.3) is 0 Å². The van der Waals surface area contributed by atoms with Crippen molar-refractivity contribution in [3.05, 3.63) is 29.8 Å². The average Bonchev–Trinajstić information content (AvgIpc) is 3.03. The van der Waals surface area contributed by atoms with Crippen LogP contribution in [0.3, 0.4) is 0 Å². The van der Waals surface area contributed by atoms with Gasteiger partial charge in [0.1, 0.15) is 31.5 Å². The normalized spacial score (nSPS) is 28.0. The summed E-state index contributed by atoms with van der Waals surface area (Å²) >= 11 is 0.526. The van der Waals surface area contributed by atoms with E-state index in [4.69, 9.17) is 53.1 Å². The summed E-state index contributed by atoms with van der Waals surface area (Å²) in [6, 6.07) is 6.11. The number of ether oxygens (including phenoxy) is 10. The highest BCUT2D eigenvalue weighted by atomic mass is 32.2. The Morgan fingerprint density at radius 3 is 1.49 bits per heavy atom. The number of anilines is 1. The van der Waals surface area contributed by atoms with Crippen LogP contribution in [0.1, 0.15) is 58.8 Å². The van der Waals surface area contributed by atoms with Crippen LogP contribution in [-0.4, -0.2) is 121 Å². The standard InChI is InChI=1S/C33H41NO18S/c1-14(35)43-12-23-25(45-16(3)37)27(46-17(4)38)29(48-19(6)40)32(50-23)52-26-24(13-44-15(2)36)51-33(30(49-20(7)41)28(26)47-18(5)39)53-31(42)21-10-8-9-11-22(21)34/h8-11,23-30,32-33H,12-13,34H2,1-7H3/t23-,24-,25+,26-,27+,28+,29-,30-,32+,33+/m1/s1. The predicted molar refractivity (Wildman–Crippen MR) is 176 cm³/mol. The fourth-order valence-electron chi connectivity index (χ4n) is 5.42. The zero-order valence-corrected chi connectivity index (χ0v) is 30.6. The molecule has 10 atom stereocenters. The maximum absolute atomic E-state index is 13.4. The van der Waals surface area contributed by atoms with Crippen LogP contribution in [0, 0.1) is 0 Å². The molecule has 1 aromatic carbocycles. The molecule has 2 heterocycles. The Bertz CT molecular complexity index is 1550. The maximum atomic E-state index is 13.4. The number of nitrogens with two attached hydrogens (primary N) is 1. The highest BCUT2D eigenvalue weighted by Crippen LogP contribution is 2.39. The van der Waals surface area contributed by atoms with Gasteiger partial charge < -0.3 is 53.1 Å². The number of rotatable bonds is 13. The summed E-state index contributed by atoms with van der Waals surface area (Å²) in [4.78, 5) is 99.2. The van der Waals surface area contributed by atoms with Crippen molar-refractivity contribution < 1.29 is 85.7 Å². The molecule has 53 heavy (non-hydrogen) atoms. The fourth-order valence-corrected chi connectivity index (χ4v) is 6.49. The monoisotopic (exact) mass is 771 g/mol. The fraction of sp³-hybridized carbons (Fsp3) is 0.576. The molecule has 2 N–H and O–H groups in total. The summed E-state index contributed by atoms with van der Waals surface area (Å²) in [5.74, 6) is -6.08. The number of para-hydroxylation sites is 1. The molecular weight excluding hydrogens is 730 g/mol. The third kappa shape index (κ3) is 12.4. The lowest BCUT2D eigenvalue weighted by molar-refractivity contribution is -0.341. The average molecular weight is 772 g/mol. The first-order valence-electron chi connectivity index (χ1n) is 16.0. The molecule has 3 rings (SSSR count). The zero-order valence-electron chi connectivity index (χ0n) is 29.8. The molecule has 20 heteroatoms. The topological polar surface area (TPSA) is 255 Å². The third-order valence-electron chi connectivity index (χ3n) is 7.29. The molecule has 0 unspecified atom stereocenters. The van der Waals surface area contributed by atoms with Gasteiger partial charge >= 0.3 is 41.8 Å². The van der Waals surface area contributed by atoms with Gasteiger partial charge in [-0.2, -0.15) is 0 Å². The summed E-state index contributed by atoms with van der Waals surface area (Å²) in [6.07, 6.45) is -14.5. The van der Waals surface area contributed by atoms with Crippen LogP contribution in [0.2, 0.25) is 0 Å². The molecule has 2 saturated heterocycles. The third-order valence-corrected chi connectivity index (χ3v) is 8.34. The predicted octanol–water partition coefficient (Wildman–Crippen LogP) is 0.762. The van der Waals surface area contributed by atoms with E-state index in [0.717, 1.165) is 48.5 Å². The Morgan fingerprint density at radius 1 is 0.566 bits per heavy atom. The van der Waals surface area contributed by atoms with Crippen LogP contribution in [0.4, 0.5) is 5.69 Å². The second-order valence-corrected chi connectivity index (χ2v) is 12.7. The zero-order chi connectivity index (χ0) is 39.6. The second kappa shape index (κ2) is 19.3. The van der Waals surface area contributed by atoms with Crippen molar-refractivity contribution in [1.29, 1.82) is 0 Å². The van der Waals surface area contributed by atoms with E-state index in [1.54, 1.807) is 12.1 Å². The summed E-state index contributed by atoms with van der Waals surface area (Å²) < 4.78 is 56.4. The number of thioether (sulfide) groups is 1. The van der Waals surface area contributed by atoms with Crippen LogP contribution < -0.4 is 5.73 Å². The van der Waals surface area contributed by atoms with E-state index in [1.807, 2.05) is 0 Å². The minimum atomic E-state index is -1.84. The first-order valence-corrected chi connectivity index (χ1v) is 16.9. The van der Waals surface area contributed by atoms with E-state index in [2.05, 4.69) is 0 Å². The smallest absolute Gasteiger partial charge is 0.303 e. The van der Waals surface area contributed by atoms with Crippen LogP contribution in [0.15, 0.2) is 24.3 Å². The number of nitrogen functional groups attached to an aromatic ring is 1. The van der Waals surface area contributed by atoms with Crippen molar-refractivity contribution in [2.75, 3.05) is 18.9 Å². The van der Waals surface area contributed by atoms with Crippen molar-refractivity contribution in [2.45, 2.75) is 109 Å². The first-order chi connectivity index (χ1) is 24.9. The van der Waals surface area contributed by atoms with Gasteiger partial charge in [-0.05, 0) is 23.9 Å². The number of benzene rings is 1. The molecule has 0 bridgehead atoms. The van der Waals surface area contributed by atoms with Crippen molar-refractivity contribution >= 4 is 64.3 Å². The molecule has 0 spiro atoms. The Hall–Kier alpha value is -4.79. The van der Waals surface area contributed by atoms with Crippen LogP contribution >= 0.6 is 11.8 Å². The van der Waals surface area contributed by atoms with E-state index >= 15 is 0 Å². The van der Waals surface area contributed by atoms with Gasteiger partial charge in [-0.1, -0.05) is 12.1 Å². The number of carbonyl (C=O) groups is 8. The minimum Gasteiger partial charge on any atom is -0.463 e. The molecule has 292 valence electrons. The number of esters is 7. The van der Waals surface area contributed by atoms with Gasteiger partial charge in [0.25, 0.3) is 0 Å². The largest absolute Gasteiger partial charge is 0.463 e. The molecule has 0 amide bonds. The highest BCUT2D eigenvalue weighted by Gasteiger charge is 2.57. The molecule has 1 aromatic rings. The van der Waals surface area contributed by atoms with Gasteiger partial charge in [0.05, 0.1) is 5.56 Å². The summed E-state index contributed by atoms with van der Waals surface area (Å²) in [6.45, 7) is 6.14. The summed E-state index contributed by atoms with van der Waals surface area (Å²) in [5.41, 5.74) is 4.77. The molecule has 0 aliphatic carbocycles. The van der Waals surface area contributed by atoms with Crippen molar-refractivity contribution in [1.82, 2.24) is 0 Å². The summed E-state index contributed by atoms with van der Waals surface area (Å²) in [7, 11) is 0. The SMILES string of the molecule is CC(=O)OC[C@H]1O[C@@H](O[C@H]2[C@H](OC(C)=O)[C@@H](OC(C)=O)[C@H](SC(=O)c3ccccc3N)O[C@@H]2COC(C)=O)[C@H](OC(C)=O)[C@@H](OC(C)=O)[C@H]1OC(C)=O. The van der Waals surface area contributed by atoms with Gasteiger partial charge in [0.15, 0.2) is 42.2 Å². The van der Waals surface area contributed by atoms with E-state index in [9.17, 15) is 38.4 Å². The van der Waals surface area contributed by atoms with E-state index < -0.39 is 121 Å². The molecular formula is C33H41NO18S. The van der Waals surface area contributed by atoms with E-state index in [0.29, 0.717) is 11.8 Å². The van der Waals surface area contributed by atoms with Crippen molar-refractivity contribution in [2.24, 2.45) is 0 Å². The lowest BCUT2D eigenvalue weighted by atomic mass is 9.96. The number of carbonyl (C=O) groups excluding carboxylic acids is 8. The van der Waals surface area contributed by atoms with Crippen LogP contribution in [0.5, 0.6) is 0 Å². The maximum Gasteiger partial charge on any atom is 0.303 e. The molecule has 0 aromatic heterocycles. The number of hydrogen-bond acceptors (Lipinski definition) is 20. The van der Waals surface area contributed by atoms with Crippen LogP contribution in [-0.2, 0) is 80.9 Å². The van der Waals surface area contributed by atoms with E-state index in [-0.39, 0.29) is 11.3 Å². The molecule has 19 nitrogen and oxygen atoms in total. The lowest BCUT2D eigenvalue weighted by Crippen LogP contribution is -2.66. The van der Waals surface area contributed by atoms with Gasteiger partial charge in [-0.25, -0.2) is 0 Å². The molecule has 2 fully saturated rings. The molecule has 0 saturated carbocycles. The van der Waals surface area contributed by atoms with Crippen molar-refractivity contribution in [3.63, 3.8) is 0 Å². The minimum absolute atomic E-state index is 0.0825.